The molecule has 0 saturated carbocycles. The minimum atomic E-state index is -1.13. The summed E-state index contributed by atoms with van der Waals surface area (Å²) >= 11 is 0. The molecule has 0 aliphatic carbocycles. The number of fused-ring (bicyclic) bond motifs is 2. The van der Waals surface area contributed by atoms with Gasteiger partial charge < -0.3 is 19.0 Å². The largest absolute Gasteiger partial charge is 0.480 e. The van der Waals surface area contributed by atoms with Gasteiger partial charge in [0.1, 0.15) is 23.3 Å². The van der Waals surface area contributed by atoms with Crippen LogP contribution in [-0.4, -0.2) is 42.7 Å². The van der Waals surface area contributed by atoms with Crippen LogP contribution in [0.15, 0.2) is 22.6 Å². The van der Waals surface area contributed by atoms with Crippen molar-refractivity contribution in [2.24, 2.45) is 0 Å². The molecule has 0 saturated heterocycles. The number of furan rings is 1. The highest BCUT2D eigenvalue weighted by Crippen LogP contribution is 2.29. The summed E-state index contributed by atoms with van der Waals surface area (Å²) in [5.41, 5.74) is 0.840. The van der Waals surface area contributed by atoms with Crippen LogP contribution in [0.2, 0.25) is 0 Å². The highest BCUT2D eigenvalue weighted by atomic mass is 19.1. The van der Waals surface area contributed by atoms with Gasteiger partial charge in [0.25, 0.3) is 5.91 Å². The molecule has 8 nitrogen and oxygen atoms in total. The molecule has 134 valence electrons. The van der Waals surface area contributed by atoms with Gasteiger partial charge in [-0.1, -0.05) is 0 Å². The first-order chi connectivity index (χ1) is 12.4. The third kappa shape index (κ3) is 2.35. The maximum absolute atomic E-state index is 13.5. The van der Waals surface area contributed by atoms with Gasteiger partial charge in [0.2, 0.25) is 0 Å². The number of carboxylic acid groups (broad SMARTS) is 1. The quantitative estimate of drug-likeness (QED) is 0.751. The zero-order chi connectivity index (χ0) is 18.6. The first-order valence-corrected chi connectivity index (χ1v) is 7.98. The number of rotatable bonds is 2. The molecule has 0 fully saturated rings. The van der Waals surface area contributed by atoms with Gasteiger partial charge in [-0.2, -0.15) is 0 Å². The Morgan fingerprint density at radius 1 is 1.31 bits per heavy atom. The molecule has 0 radical (unpaired) electrons. The molecule has 0 bridgehead atoms. The summed E-state index contributed by atoms with van der Waals surface area (Å²) in [4.78, 5) is 25.9. The van der Waals surface area contributed by atoms with Crippen LogP contribution >= 0.6 is 0 Å². The molecule has 2 aromatic heterocycles. The lowest BCUT2D eigenvalue weighted by atomic mass is 10.1. The van der Waals surface area contributed by atoms with E-state index in [0.29, 0.717) is 28.2 Å². The fourth-order valence-corrected chi connectivity index (χ4v) is 3.27. The standard InChI is InChI=1S/C17H15FN4O4/c1-8-11-5-10(18)3-4-13(11)26-15(8)16(23)22-7-14-20-19-9(2)21(14)6-12(22)17(24)25/h3-5,12H,6-7H2,1-2H3,(H,24,25). The van der Waals surface area contributed by atoms with Gasteiger partial charge in [-0.15, -0.1) is 10.2 Å². The molecule has 3 aromatic rings. The number of carboxylic acids is 1. The normalized spacial score (nSPS) is 16.7. The highest BCUT2D eigenvalue weighted by Gasteiger charge is 2.38. The van der Waals surface area contributed by atoms with Crippen LogP contribution in [0, 0.1) is 19.7 Å². The Morgan fingerprint density at radius 3 is 2.81 bits per heavy atom. The number of nitrogens with zero attached hydrogens (tertiary/aromatic N) is 4. The van der Waals surface area contributed by atoms with E-state index < -0.39 is 23.7 Å². The maximum Gasteiger partial charge on any atom is 0.328 e. The van der Waals surface area contributed by atoms with Gasteiger partial charge in [-0.3, -0.25) is 4.79 Å². The smallest absolute Gasteiger partial charge is 0.328 e. The Kier molecular flexibility index (Phi) is 3.53. The van der Waals surface area contributed by atoms with Gasteiger partial charge in [0, 0.05) is 10.9 Å². The van der Waals surface area contributed by atoms with Crippen LogP contribution in [-0.2, 0) is 17.9 Å². The fraction of sp³-hybridized carbons (Fsp3) is 0.294. The first-order valence-electron chi connectivity index (χ1n) is 7.98. The van der Waals surface area contributed by atoms with E-state index >= 15 is 0 Å². The maximum atomic E-state index is 13.5. The van der Waals surface area contributed by atoms with Gasteiger partial charge in [-0.25, -0.2) is 9.18 Å². The Hall–Kier alpha value is -3.23. The van der Waals surface area contributed by atoms with Crippen LogP contribution in [0.4, 0.5) is 4.39 Å². The monoisotopic (exact) mass is 358 g/mol. The van der Waals surface area contributed by atoms with Crippen molar-refractivity contribution in [3.63, 3.8) is 0 Å². The van der Waals surface area contributed by atoms with E-state index in [9.17, 15) is 19.1 Å². The molecular formula is C17H15FN4O4. The molecule has 1 N–H and O–H groups in total. The lowest BCUT2D eigenvalue weighted by Gasteiger charge is -2.33. The SMILES string of the molecule is Cc1c(C(=O)N2Cc3nnc(C)n3CC2C(=O)O)oc2ccc(F)cc12. The number of carbonyl (C=O) groups is 2. The van der Waals surface area contributed by atoms with E-state index in [4.69, 9.17) is 4.42 Å². The minimum absolute atomic E-state index is 0.00142. The zero-order valence-electron chi connectivity index (χ0n) is 14.1. The van der Waals surface area contributed by atoms with Crippen molar-refractivity contribution >= 4 is 22.8 Å². The third-order valence-electron chi connectivity index (χ3n) is 4.69. The van der Waals surface area contributed by atoms with E-state index in [1.165, 1.54) is 23.1 Å². The third-order valence-corrected chi connectivity index (χ3v) is 4.69. The minimum Gasteiger partial charge on any atom is -0.480 e. The van der Waals surface area contributed by atoms with E-state index in [0.717, 1.165) is 0 Å². The van der Waals surface area contributed by atoms with Crippen molar-refractivity contribution in [3.8, 4) is 0 Å². The Balaban J connectivity index is 1.77. The summed E-state index contributed by atoms with van der Waals surface area (Å²) in [5.74, 6) is -1.04. The van der Waals surface area contributed by atoms with E-state index in [-0.39, 0.29) is 18.8 Å². The molecule has 9 heteroatoms. The molecule has 4 rings (SSSR count). The predicted octanol–water partition coefficient (Wildman–Crippen LogP) is 1.89. The van der Waals surface area contributed by atoms with Crippen molar-refractivity contribution in [2.45, 2.75) is 33.0 Å². The van der Waals surface area contributed by atoms with Gasteiger partial charge in [0.05, 0.1) is 13.1 Å². The van der Waals surface area contributed by atoms with Crippen LogP contribution in [0.3, 0.4) is 0 Å². The van der Waals surface area contributed by atoms with E-state index in [2.05, 4.69) is 10.2 Å². The average molecular weight is 358 g/mol. The molecule has 26 heavy (non-hydrogen) atoms. The number of amides is 1. The topological polar surface area (TPSA) is 101 Å². The zero-order valence-corrected chi connectivity index (χ0v) is 14.1. The number of aryl methyl sites for hydroxylation is 2. The summed E-state index contributed by atoms with van der Waals surface area (Å²) in [5, 5.41) is 18.0. The Bertz CT molecular complexity index is 1050. The van der Waals surface area contributed by atoms with Crippen LogP contribution in [0.1, 0.15) is 27.8 Å². The molecule has 1 amide bonds. The molecule has 1 aliphatic heterocycles. The lowest BCUT2D eigenvalue weighted by molar-refractivity contribution is -0.143. The number of aromatic nitrogens is 3. The van der Waals surface area contributed by atoms with Crippen molar-refractivity contribution in [1.82, 2.24) is 19.7 Å². The number of hydrogen-bond acceptors (Lipinski definition) is 5. The molecule has 1 aliphatic rings. The van der Waals surface area contributed by atoms with E-state index in [1.54, 1.807) is 18.4 Å². The summed E-state index contributed by atoms with van der Waals surface area (Å²) in [6, 6.07) is 2.90. The number of halogens is 1. The number of carbonyl (C=O) groups excluding carboxylic acids is 1. The molecule has 0 spiro atoms. The molecular weight excluding hydrogens is 343 g/mol. The summed E-state index contributed by atoms with van der Waals surface area (Å²) in [6.07, 6.45) is 0. The summed E-state index contributed by atoms with van der Waals surface area (Å²) in [7, 11) is 0. The second kappa shape index (κ2) is 5.65. The van der Waals surface area contributed by atoms with Gasteiger partial charge in [0.15, 0.2) is 11.6 Å². The average Bonchev–Trinajstić information content (AvgIpc) is 3.14. The van der Waals surface area contributed by atoms with Crippen LogP contribution in [0.25, 0.3) is 11.0 Å². The Labute approximate surface area is 146 Å². The molecule has 1 aromatic carbocycles. The number of hydrogen-bond donors (Lipinski definition) is 1. The van der Waals surface area contributed by atoms with Crippen molar-refractivity contribution in [1.29, 1.82) is 0 Å². The van der Waals surface area contributed by atoms with Crippen LogP contribution in [0.5, 0.6) is 0 Å². The van der Waals surface area contributed by atoms with E-state index in [1.807, 2.05) is 0 Å². The van der Waals surface area contributed by atoms with Crippen molar-refractivity contribution in [2.75, 3.05) is 0 Å². The van der Waals surface area contributed by atoms with Crippen LogP contribution < -0.4 is 0 Å². The molecule has 1 unspecified atom stereocenters. The second-order valence-electron chi connectivity index (χ2n) is 6.26. The lowest BCUT2D eigenvalue weighted by Crippen LogP contribution is -2.50. The molecule has 1 atom stereocenters. The van der Waals surface area contributed by atoms with Gasteiger partial charge >= 0.3 is 5.97 Å². The fourth-order valence-electron chi connectivity index (χ4n) is 3.27. The van der Waals surface area contributed by atoms with Crippen molar-refractivity contribution in [3.05, 3.63) is 47.0 Å². The van der Waals surface area contributed by atoms with Gasteiger partial charge in [-0.05, 0) is 32.0 Å². The predicted molar refractivity (Wildman–Crippen MR) is 87.0 cm³/mol. The highest BCUT2D eigenvalue weighted by molar-refractivity contribution is 6.00. The summed E-state index contributed by atoms with van der Waals surface area (Å²) < 4.78 is 20.8. The van der Waals surface area contributed by atoms with Crippen molar-refractivity contribution < 1.29 is 23.5 Å². The summed E-state index contributed by atoms with van der Waals surface area (Å²) in [6.45, 7) is 3.43. The number of benzene rings is 1. The second-order valence-corrected chi connectivity index (χ2v) is 6.26. The first kappa shape index (κ1) is 16.2. The Morgan fingerprint density at radius 2 is 2.08 bits per heavy atom. The molecule has 3 heterocycles. The number of aliphatic carboxylic acids is 1.